The Bertz CT molecular complexity index is 5450. The largest absolute Gasteiger partial charge is 0.528 e. The quantitative estimate of drug-likeness (QED) is 0.0161. The molecule has 0 atom stereocenters. The molecule has 558 valence electrons. The van der Waals surface area contributed by atoms with Crippen molar-refractivity contribution in [2.75, 3.05) is 0 Å². The summed E-state index contributed by atoms with van der Waals surface area (Å²) >= 11 is 6.91. The van der Waals surface area contributed by atoms with Crippen LogP contribution in [0.25, 0.3) is 77.5 Å². The Morgan fingerprint density at radius 1 is 0.411 bits per heavy atom. The summed E-state index contributed by atoms with van der Waals surface area (Å²) in [6.45, 7) is 32.6. The van der Waals surface area contributed by atoms with Crippen molar-refractivity contribution < 1.29 is 27.2 Å². The van der Waals surface area contributed by atoms with Crippen molar-refractivity contribution in [2.24, 2.45) is 0 Å². The van der Waals surface area contributed by atoms with Crippen LogP contribution in [0.1, 0.15) is 239 Å². The van der Waals surface area contributed by atoms with Gasteiger partial charge in [0.1, 0.15) is 13.1 Å². The number of nitrogens with zero attached hydrogens (tertiary/aromatic N) is 4. The maximum Gasteiger partial charge on any atom is 0.528 e. The Morgan fingerprint density at radius 3 is 1.06 bits per heavy atom. The van der Waals surface area contributed by atoms with Crippen molar-refractivity contribution in [3.05, 3.63) is 349 Å². The molecule has 11 aromatic rings. The number of aryl methyl sites for hydroxylation is 4. The zero-order valence-electron chi connectivity index (χ0n) is 63.2. The van der Waals surface area contributed by atoms with Gasteiger partial charge in [-0.05, 0) is 190 Å². The van der Waals surface area contributed by atoms with E-state index in [0.29, 0.717) is 0 Å². The minimum absolute atomic E-state index is 0.00839. The van der Waals surface area contributed by atoms with Crippen LogP contribution in [-0.4, -0.2) is 11.6 Å². The predicted molar refractivity (Wildman–Crippen MR) is 454 cm³/mol. The van der Waals surface area contributed by atoms with Crippen molar-refractivity contribution in [3.8, 4) is 27.0 Å². The van der Waals surface area contributed by atoms with E-state index in [4.69, 9.17) is 19.7 Å². The smallest absolute Gasteiger partial charge is 0.289 e. The molecule has 14 heteroatoms. The fourth-order valence-corrected chi connectivity index (χ4v) is 22.8. The number of unbranched alkanes of at least 4 members (excludes halogenated alkanes) is 12. The number of nitriles is 1. The Morgan fingerprint density at radius 2 is 0.741 bits per heavy atom. The first-order valence-corrected chi connectivity index (χ1v) is 42.5. The molecule has 0 unspecified atom stereocenters. The van der Waals surface area contributed by atoms with Crippen molar-refractivity contribution in [2.45, 2.75) is 167 Å². The summed E-state index contributed by atoms with van der Waals surface area (Å²) in [5.41, 5.74) is 14.4. The lowest BCUT2D eigenvalue weighted by molar-refractivity contribution is 0.103. The van der Waals surface area contributed by atoms with Gasteiger partial charge in [0, 0.05) is 67.9 Å². The predicted octanol–water partition coefficient (Wildman–Crippen LogP) is 28.3. The zero-order valence-corrected chi connectivity index (χ0v) is 66.5. The maximum absolute atomic E-state index is 14.9. The van der Waals surface area contributed by atoms with Gasteiger partial charge < -0.3 is 0 Å². The highest BCUT2D eigenvalue weighted by molar-refractivity contribution is 7.31. The van der Waals surface area contributed by atoms with Gasteiger partial charge in [0.05, 0.1) is 38.4 Å². The number of allylic oxidation sites excluding steroid dienone is 9. The van der Waals surface area contributed by atoms with Crippen molar-refractivity contribution in [1.29, 1.82) is 5.26 Å². The molecule has 15 rings (SSSR count). The maximum atomic E-state index is 14.9. The lowest BCUT2D eigenvalue weighted by Crippen LogP contribution is -2.30. The molecule has 4 aliphatic carbocycles. The van der Waals surface area contributed by atoms with Crippen molar-refractivity contribution >= 4 is 99.0 Å². The molecule has 0 radical (unpaired) electrons. The van der Waals surface area contributed by atoms with Crippen LogP contribution in [-0.2, 0) is 36.5 Å². The van der Waals surface area contributed by atoms with E-state index in [1.165, 1.54) is 79.9 Å². The SMILES string of the molecule is [C-]#[N+]C([N+]#[C-])=C1/C(=C/C=C\c2cc3sc4c(c3s2)C(c2ccc(CCCCCC)cc2)(c2ccc(CCCCCC)cc2)c2cc3c(cc2-4)C(c2ccc(CCCCCC)cc2)(c2ccc(CCCCCC)cc2)c2c-3sc3cc(\C=C/C=C4\C(=O)c5cc(F)c(F)cc5\C4=C(\C#N)[N+]#[C-])sc23)C(=O)c2cc(F)c(F)cc21. The van der Waals surface area contributed by atoms with E-state index in [2.05, 4.69) is 164 Å². The number of rotatable bonds is 28. The summed E-state index contributed by atoms with van der Waals surface area (Å²) < 4.78 is 63.9. The van der Waals surface area contributed by atoms with E-state index in [1.807, 2.05) is 18.2 Å². The summed E-state index contributed by atoms with van der Waals surface area (Å²) in [4.78, 5) is 42.7. The average molecular weight is 1550 g/mol. The number of fused-ring (bicyclic) bond motifs is 12. The second-order valence-electron chi connectivity index (χ2n) is 29.8. The number of carbonyl (C=O) groups is 2. The van der Waals surface area contributed by atoms with Gasteiger partial charge in [0.2, 0.25) is 0 Å². The molecule has 112 heavy (non-hydrogen) atoms. The Hall–Kier alpha value is -10.7. The van der Waals surface area contributed by atoms with Crippen LogP contribution in [0.3, 0.4) is 0 Å². The van der Waals surface area contributed by atoms with Crippen LogP contribution in [0.5, 0.6) is 0 Å². The van der Waals surface area contributed by atoms with E-state index < -0.39 is 57.2 Å². The number of Topliss-reactive ketones (excluding diaryl/α,β-unsaturated/α-hetero) is 2. The second kappa shape index (κ2) is 32.9. The highest BCUT2D eigenvalue weighted by Gasteiger charge is 2.55. The summed E-state index contributed by atoms with van der Waals surface area (Å²) in [6.07, 6.45) is 32.6. The molecule has 4 aliphatic rings. The molecule has 0 amide bonds. The van der Waals surface area contributed by atoms with Gasteiger partial charge in [-0.1, -0.05) is 226 Å². The van der Waals surface area contributed by atoms with Crippen LogP contribution >= 0.6 is 45.3 Å². The third-order valence-electron chi connectivity index (χ3n) is 22.9. The van der Waals surface area contributed by atoms with Gasteiger partial charge in [-0.25, -0.2) is 27.7 Å². The fourth-order valence-electron chi connectivity index (χ4n) is 17.4. The summed E-state index contributed by atoms with van der Waals surface area (Å²) in [7, 11) is 0. The lowest BCUT2D eigenvalue weighted by Gasteiger charge is -2.36. The van der Waals surface area contributed by atoms with Crippen LogP contribution in [0.4, 0.5) is 17.6 Å². The number of hydrogen-bond donors (Lipinski definition) is 0. The molecule has 0 aliphatic heterocycles. The monoisotopic (exact) mass is 1550 g/mol. The van der Waals surface area contributed by atoms with Gasteiger partial charge in [0.25, 0.3) is 5.70 Å². The van der Waals surface area contributed by atoms with E-state index in [9.17, 15) is 32.4 Å². The molecule has 0 fully saturated rings. The van der Waals surface area contributed by atoms with E-state index >= 15 is 0 Å². The number of ketones is 2. The first-order valence-electron chi connectivity index (χ1n) is 39.2. The molecule has 4 aromatic heterocycles. The summed E-state index contributed by atoms with van der Waals surface area (Å²) in [5.74, 6) is -6.35. The molecule has 0 spiro atoms. The van der Waals surface area contributed by atoms with Gasteiger partial charge in [-0.15, -0.1) is 45.3 Å². The number of halogens is 4. The van der Waals surface area contributed by atoms with Crippen molar-refractivity contribution in [3.63, 3.8) is 0 Å². The molecule has 7 aromatic carbocycles. The molecular formula is C98H82F4N4O2S4. The Labute approximate surface area is 669 Å². The second-order valence-corrected chi connectivity index (χ2v) is 34.1. The normalized spacial score (nSPS) is 15.3. The fraction of sp³-hybridized carbons (Fsp3) is 0.265. The van der Waals surface area contributed by atoms with Crippen LogP contribution in [0.2, 0.25) is 0 Å². The van der Waals surface area contributed by atoms with Crippen molar-refractivity contribution in [1.82, 2.24) is 0 Å². The topological polar surface area (TPSA) is 71.0 Å². The average Bonchev–Trinajstić information content (AvgIpc) is 1.49. The van der Waals surface area contributed by atoms with E-state index in [0.717, 1.165) is 189 Å². The molecule has 0 saturated carbocycles. The Kier molecular flexibility index (Phi) is 22.6. The molecule has 0 N–H and O–H groups in total. The third kappa shape index (κ3) is 13.6. The molecule has 6 nitrogen and oxygen atoms in total. The number of benzene rings is 7. The van der Waals surface area contributed by atoms with E-state index in [-0.39, 0.29) is 44.5 Å². The van der Waals surface area contributed by atoms with Gasteiger partial charge in [-0.2, -0.15) is 9.69 Å². The summed E-state index contributed by atoms with van der Waals surface area (Å²) in [5, 5.41) is 10.2. The molecule has 4 heterocycles. The number of hydrogen-bond acceptors (Lipinski definition) is 7. The first kappa shape index (κ1) is 76.7. The highest BCUT2D eigenvalue weighted by atomic mass is 32.1. The number of thiophene rings is 4. The molecule has 0 bridgehead atoms. The van der Waals surface area contributed by atoms with Gasteiger partial charge in [-0.3, -0.25) is 9.59 Å². The van der Waals surface area contributed by atoms with E-state index in [1.54, 1.807) is 69.7 Å². The highest BCUT2D eigenvalue weighted by Crippen LogP contribution is 2.68. The van der Waals surface area contributed by atoms with Crippen LogP contribution in [0.15, 0.2) is 193 Å². The van der Waals surface area contributed by atoms with Crippen LogP contribution < -0.4 is 0 Å². The lowest BCUT2D eigenvalue weighted by atomic mass is 9.65. The van der Waals surface area contributed by atoms with Gasteiger partial charge >= 0.3 is 5.82 Å². The number of carbonyl (C=O) groups excluding carboxylic acids is 2. The third-order valence-corrected chi connectivity index (χ3v) is 27.7. The Balaban J connectivity index is 0.965. The summed E-state index contributed by atoms with van der Waals surface area (Å²) in [6, 6.07) is 52.7. The minimum atomic E-state index is -1.19. The minimum Gasteiger partial charge on any atom is -0.289 e. The van der Waals surface area contributed by atoms with Crippen LogP contribution in [0, 0.1) is 54.3 Å². The standard InChI is InChI=1S/C98H82F4N4O2S4/c1-8-12-16-20-26-59-34-42-63(43-35-59)97(64-44-36-60(37-45-64)27-21-17-13-9-2)77-53-76-78(52-75(77)92-88(97)94-84(111-92)50-67(109-94)30-24-32-69-86(83(58-103)104-5)71-54-79(99)81(101)56-73(71)90(69)107)98(65-46-38-61(39-47-65)28-22-18-14-10-3,66-48-40-62(41-49-66)29-23-19-15-11-4)89-93(76)112-85-51-68(110-95(85)89)31-25-33-70-87(96(105-6)106-7)72-55-80(100)82(102)57-74(72)91(70)108/h24-25,30-57H,8-23,26-29H2,1-4H3/b30-24-,31-25-,69-32-,70-33-,86-83-. The first-order chi connectivity index (χ1) is 54.7. The zero-order chi connectivity index (χ0) is 78.0. The molecule has 0 saturated heterocycles. The molecular weight excluding hydrogens is 1470 g/mol. The van der Waals surface area contributed by atoms with Gasteiger partial charge in [0.15, 0.2) is 34.8 Å².